The van der Waals surface area contributed by atoms with Crippen molar-refractivity contribution in [3.05, 3.63) is 0 Å². The van der Waals surface area contributed by atoms with E-state index in [9.17, 15) is 4.79 Å². The summed E-state index contributed by atoms with van der Waals surface area (Å²) in [6, 6.07) is -0.681. The maximum atomic E-state index is 10.2. The topological polar surface area (TPSA) is 63.3 Å². The molecule has 0 aliphatic carbocycles. The zero-order chi connectivity index (χ0) is 8.69. The van der Waals surface area contributed by atoms with Crippen LogP contribution >= 0.6 is 11.8 Å². The highest BCUT2D eigenvalue weighted by Crippen LogP contribution is 2.05. The molecule has 1 atom stereocenters. The number of rotatable bonds is 6. The van der Waals surface area contributed by atoms with E-state index in [2.05, 4.69) is 6.92 Å². The van der Waals surface area contributed by atoms with Gasteiger partial charge in [-0.2, -0.15) is 11.8 Å². The summed E-state index contributed by atoms with van der Waals surface area (Å²) in [4.78, 5) is 10.2. The Kier molecular flexibility index (Phi) is 6.36. The van der Waals surface area contributed by atoms with E-state index in [1.807, 2.05) is 0 Å². The lowest BCUT2D eigenvalue weighted by molar-refractivity contribution is -0.138. The van der Waals surface area contributed by atoms with E-state index >= 15 is 0 Å². The van der Waals surface area contributed by atoms with Crippen LogP contribution in [0.5, 0.6) is 0 Å². The normalized spacial score (nSPS) is 12.9. The van der Waals surface area contributed by atoms with Crippen molar-refractivity contribution >= 4 is 17.7 Å². The minimum absolute atomic E-state index is 0.569. The lowest BCUT2D eigenvalue weighted by Gasteiger charge is -2.04. The molecule has 0 saturated carbocycles. The third-order valence-electron chi connectivity index (χ3n) is 1.24. The van der Waals surface area contributed by atoms with Gasteiger partial charge in [0.15, 0.2) is 0 Å². The van der Waals surface area contributed by atoms with Crippen LogP contribution in [0.15, 0.2) is 0 Å². The van der Waals surface area contributed by atoms with Gasteiger partial charge in [-0.15, -0.1) is 0 Å². The van der Waals surface area contributed by atoms with Crippen molar-refractivity contribution in [3.63, 3.8) is 0 Å². The number of carbonyl (C=O) groups is 1. The predicted octanol–water partition coefficient (Wildman–Crippen LogP) is 0.932. The maximum absolute atomic E-state index is 10.2. The number of aliphatic carboxylic acids is 1. The summed E-state index contributed by atoms with van der Waals surface area (Å²) in [6.45, 7) is 2.10. The Morgan fingerprint density at radius 2 is 2.27 bits per heavy atom. The fraction of sp³-hybridized carbons (Fsp3) is 0.857. The Hall–Kier alpha value is -0.220. The molecule has 0 aliphatic heterocycles. The molecule has 0 spiro atoms. The Morgan fingerprint density at radius 1 is 1.64 bits per heavy atom. The number of thioether (sulfide) groups is 1. The van der Waals surface area contributed by atoms with Gasteiger partial charge in [-0.3, -0.25) is 4.79 Å². The number of hydrogen-bond donors (Lipinski definition) is 2. The second-order valence-electron chi connectivity index (χ2n) is 2.35. The molecule has 3 N–H and O–H groups in total. The smallest absolute Gasteiger partial charge is 0.320 e. The zero-order valence-corrected chi connectivity index (χ0v) is 7.56. The molecule has 0 heterocycles. The molecule has 3 nitrogen and oxygen atoms in total. The van der Waals surface area contributed by atoms with E-state index in [-0.39, 0.29) is 0 Å². The van der Waals surface area contributed by atoms with E-state index in [1.54, 1.807) is 11.8 Å². The van der Waals surface area contributed by atoms with Crippen LogP contribution < -0.4 is 5.73 Å². The van der Waals surface area contributed by atoms with E-state index < -0.39 is 12.0 Å². The first-order valence-corrected chi connectivity index (χ1v) is 4.90. The number of nitrogens with two attached hydrogens (primary N) is 1. The number of carboxylic acids is 1. The third kappa shape index (κ3) is 6.19. The Morgan fingerprint density at radius 3 is 2.73 bits per heavy atom. The summed E-state index contributed by atoms with van der Waals surface area (Å²) in [5.41, 5.74) is 5.29. The van der Waals surface area contributed by atoms with Gasteiger partial charge in [0.1, 0.15) is 6.04 Å². The maximum Gasteiger partial charge on any atom is 0.320 e. The van der Waals surface area contributed by atoms with Crippen LogP contribution in [0.3, 0.4) is 0 Å². The highest BCUT2D eigenvalue weighted by atomic mass is 32.2. The summed E-state index contributed by atoms with van der Waals surface area (Å²) in [5, 5.41) is 8.40. The van der Waals surface area contributed by atoms with Crippen molar-refractivity contribution in [1.82, 2.24) is 0 Å². The molecule has 0 amide bonds. The van der Waals surface area contributed by atoms with Crippen molar-refractivity contribution in [2.45, 2.75) is 25.8 Å². The van der Waals surface area contributed by atoms with Crippen LogP contribution in [0.2, 0.25) is 0 Å². The molecule has 0 fully saturated rings. The molecule has 0 aromatic heterocycles. The molecule has 4 heteroatoms. The standard InChI is InChI=1S/C7H15NO2S/c1-2-4-11-5-3-6(8)7(9)10/h6H,2-5,8H2,1H3,(H,9,10). The monoisotopic (exact) mass is 177 g/mol. The average molecular weight is 177 g/mol. The fourth-order valence-electron chi connectivity index (χ4n) is 0.580. The summed E-state index contributed by atoms with van der Waals surface area (Å²) < 4.78 is 0. The summed E-state index contributed by atoms with van der Waals surface area (Å²) in [6.07, 6.45) is 1.70. The van der Waals surface area contributed by atoms with Gasteiger partial charge in [0.25, 0.3) is 0 Å². The third-order valence-corrected chi connectivity index (χ3v) is 2.46. The van der Waals surface area contributed by atoms with Gasteiger partial charge in [0.05, 0.1) is 0 Å². The summed E-state index contributed by atoms with van der Waals surface area (Å²) in [5.74, 6) is 1.04. The predicted molar refractivity (Wildman–Crippen MR) is 47.8 cm³/mol. The Labute approximate surface area is 71.3 Å². The van der Waals surface area contributed by atoms with E-state index in [0.717, 1.165) is 17.9 Å². The molecule has 0 radical (unpaired) electrons. The van der Waals surface area contributed by atoms with Gasteiger partial charge < -0.3 is 10.8 Å². The minimum Gasteiger partial charge on any atom is -0.480 e. The van der Waals surface area contributed by atoms with Gasteiger partial charge in [0.2, 0.25) is 0 Å². The van der Waals surface area contributed by atoms with Crippen LogP contribution in [0, 0.1) is 0 Å². The highest BCUT2D eigenvalue weighted by molar-refractivity contribution is 7.99. The summed E-state index contributed by atoms with van der Waals surface area (Å²) in [7, 11) is 0. The van der Waals surface area contributed by atoms with Crippen molar-refractivity contribution in [2.75, 3.05) is 11.5 Å². The number of carboxylic acid groups (broad SMARTS) is 1. The van der Waals surface area contributed by atoms with Gasteiger partial charge >= 0.3 is 5.97 Å². The van der Waals surface area contributed by atoms with Crippen LogP contribution in [0.1, 0.15) is 19.8 Å². The molecule has 1 unspecified atom stereocenters. The quantitative estimate of drug-likeness (QED) is 0.592. The van der Waals surface area contributed by atoms with Crippen LogP contribution in [0.25, 0.3) is 0 Å². The molecular formula is C7H15NO2S. The molecule has 0 aromatic rings. The first-order chi connectivity index (χ1) is 5.18. The molecule has 0 bridgehead atoms. The Bertz CT molecular complexity index is 119. The van der Waals surface area contributed by atoms with E-state index in [1.165, 1.54) is 0 Å². The first-order valence-electron chi connectivity index (χ1n) is 3.74. The number of hydrogen-bond acceptors (Lipinski definition) is 3. The van der Waals surface area contributed by atoms with Crippen molar-refractivity contribution in [3.8, 4) is 0 Å². The largest absolute Gasteiger partial charge is 0.480 e. The van der Waals surface area contributed by atoms with Crippen molar-refractivity contribution in [1.29, 1.82) is 0 Å². The second kappa shape index (κ2) is 6.49. The van der Waals surface area contributed by atoms with Crippen molar-refractivity contribution in [2.24, 2.45) is 5.73 Å². The fourth-order valence-corrected chi connectivity index (χ4v) is 1.49. The van der Waals surface area contributed by atoms with Crippen LogP contribution in [0.4, 0.5) is 0 Å². The summed E-state index contributed by atoms with van der Waals surface area (Å²) >= 11 is 1.76. The second-order valence-corrected chi connectivity index (χ2v) is 3.57. The lowest BCUT2D eigenvalue weighted by atomic mass is 10.2. The van der Waals surface area contributed by atoms with E-state index in [4.69, 9.17) is 10.8 Å². The molecule has 0 saturated heterocycles. The van der Waals surface area contributed by atoms with Gasteiger partial charge in [-0.25, -0.2) is 0 Å². The molecule has 0 aromatic carbocycles. The Balaban J connectivity index is 3.17. The van der Waals surface area contributed by atoms with E-state index in [0.29, 0.717) is 6.42 Å². The molecule has 66 valence electrons. The van der Waals surface area contributed by atoms with Gasteiger partial charge in [-0.1, -0.05) is 6.92 Å². The van der Waals surface area contributed by atoms with Gasteiger partial charge in [-0.05, 0) is 24.3 Å². The van der Waals surface area contributed by atoms with Crippen LogP contribution in [-0.4, -0.2) is 28.6 Å². The lowest BCUT2D eigenvalue weighted by Crippen LogP contribution is -2.30. The molecule has 11 heavy (non-hydrogen) atoms. The SMILES string of the molecule is CCCSCCC(N)C(=O)O. The average Bonchev–Trinajstić information content (AvgIpc) is 1.97. The van der Waals surface area contributed by atoms with Crippen molar-refractivity contribution < 1.29 is 9.90 Å². The first kappa shape index (κ1) is 10.8. The molecule has 0 rings (SSSR count). The van der Waals surface area contributed by atoms with Crippen LogP contribution in [-0.2, 0) is 4.79 Å². The molecular weight excluding hydrogens is 162 g/mol. The van der Waals surface area contributed by atoms with Gasteiger partial charge in [0, 0.05) is 0 Å². The minimum atomic E-state index is -0.901. The molecule has 0 aliphatic rings. The highest BCUT2D eigenvalue weighted by Gasteiger charge is 2.09. The zero-order valence-electron chi connectivity index (χ0n) is 6.75.